The zero-order valence-corrected chi connectivity index (χ0v) is 14.6. The minimum atomic E-state index is -1.05. The maximum atomic E-state index is 13.1. The van der Waals surface area contributed by atoms with E-state index in [0.29, 0.717) is 29.3 Å². The van der Waals surface area contributed by atoms with E-state index in [-0.39, 0.29) is 17.1 Å². The fourth-order valence-electron chi connectivity index (χ4n) is 2.99. The van der Waals surface area contributed by atoms with Crippen LogP contribution in [0.25, 0.3) is 16.9 Å². The smallest absolute Gasteiger partial charge is 0.337 e. The highest BCUT2D eigenvalue weighted by Gasteiger charge is 2.18. The van der Waals surface area contributed by atoms with Crippen molar-refractivity contribution < 1.29 is 19.4 Å². The molecule has 2 aromatic carbocycles. The number of carboxylic acid groups (broad SMARTS) is 1. The van der Waals surface area contributed by atoms with E-state index in [1.54, 1.807) is 46.9 Å². The second kappa shape index (κ2) is 7.03. The van der Waals surface area contributed by atoms with Crippen molar-refractivity contribution in [3.05, 3.63) is 83.8 Å². The molecule has 0 saturated heterocycles. The Kier molecular flexibility index (Phi) is 4.41. The van der Waals surface area contributed by atoms with Gasteiger partial charge in [-0.05, 0) is 42.0 Å². The first kappa shape index (κ1) is 17.5. The van der Waals surface area contributed by atoms with Crippen LogP contribution in [0.4, 0.5) is 10.2 Å². The van der Waals surface area contributed by atoms with Gasteiger partial charge >= 0.3 is 5.97 Å². The van der Waals surface area contributed by atoms with Gasteiger partial charge in [-0.15, -0.1) is 0 Å². The van der Waals surface area contributed by atoms with Crippen molar-refractivity contribution in [3.63, 3.8) is 0 Å². The Bertz CT molecular complexity index is 1170. The summed E-state index contributed by atoms with van der Waals surface area (Å²) in [7, 11) is 0. The van der Waals surface area contributed by atoms with Crippen molar-refractivity contribution >= 4 is 17.4 Å². The molecular weight excluding hydrogens is 361 g/mol. The third kappa shape index (κ3) is 3.25. The summed E-state index contributed by atoms with van der Waals surface area (Å²) in [5, 5.41) is 22.8. The van der Waals surface area contributed by atoms with Crippen molar-refractivity contribution in [2.45, 2.75) is 6.54 Å². The number of nitrogens with one attached hydrogen (secondary N) is 1. The van der Waals surface area contributed by atoms with Gasteiger partial charge in [0.1, 0.15) is 28.7 Å². The lowest BCUT2D eigenvalue weighted by Gasteiger charge is -2.10. The number of rotatable bonds is 5. The van der Waals surface area contributed by atoms with E-state index >= 15 is 0 Å². The minimum absolute atomic E-state index is 0.0641. The molecule has 0 aliphatic rings. The van der Waals surface area contributed by atoms with Gasteiger partial charge in [-0.3, -0.25) is 4.40 Å². The molecule has 28 heavy (non-hydrogen) atoms. The van der Waals surface area contributed by atoms with E-state index in [4.69, 9.17) is 0 Å². The number of benzene rings is 2. The maximum Gasteiger partial charge on any atom is 0.337 e. The maximum absolute atomic E-state index is 13.1. The van der Waals surface area contributed by atoms with E-state index in [9.17, 15) is 19.4 Å². The number of carboxylic acids is 1. The van der Waals surface area contributed by atoms with Crippen molar-refractivity contribution in [1.82, 2.24) is 9.38 Å². The van der Waals surface area contributed by atoms with Crippen molar-refractivity contribution in [2.24, 2.45) is 0 Å². The van der Waals surface area contributed by atoms with Crippen LogP contribution in [0, 0.1) is 5.82 Å². The number of aromatic carboxylic acids is 1. The monoisotopic (exact) mass is 377 g/mol. The Morgan fingerprint density at radius 1 is 1.07 bits per heavy atom. The molecule has 0 bridgehead atoms. The molecule has 0 spiro atoms. The lowest BCUT2D eigenvalue weighted by atomic mass is 10.1. The van der Waals surface area contributed by atoms with Gasteiger partial charge in [0.2, 0.25) is 0 Å². The SMILES string of the molecule is O=C(O)c1ccc2nc(-c3ccccc3O)c(NCc3ccc(F)cc3)n2c1. The first-order valence-corrected chi connectivity index (χ1v) is 8.55. The van der Waals surface area contributed by atoms with Gasteiger partial charge in [-0.1, -0.05) is 24.3 Å². The molecule has 4 aromatic rings. The number of pyridine rings is 1. The highest BCUT2D eigenvalue weighted by Crippen LogP contribution is 2.34. The van der Waals surface area contributed by atoms with Gasteiger partial charge < -0.3 is 15.5 Å². The Morgan fingerprint density at radius 3 is 2.54 bits per heavy atom. The molecule has 2 aromatic heterocycles. The molecule has 0 aliphatic heterocycles. The Labute approximate surface area is 159 Å². The van der Waals surface area contributed by atoms with Crippen LogP contribution >= 0.6 is 0 Å². The predicted octanol–water partition coefficient (Wildman–Crippen LogP) is 4.16. The quantitative estimate of drug-likeness (QED) is 0.486. The average Bonchev–Trinajstić information content (AvgIpc) is 3.05. The second-order valence-electron chi connectivity index (χ2n) is 6.26. The van der Waals surface area contributed by atoms with Gasteiger partial charge in [0.25, 0.3) is 0 Å². The number of phenols is 1. The number of aromatic nitrogens is 2. The van der Waals surface area contributed by atoms with Crippen LogP contribution in [0.5, 0.6) is 5.75 Å². The Balaban J connectivity index is 1.83. The normalized spacial score (nSPS) is 10.9. The zero-order valence-electron chi connectivity index (χ0n) is 14.6. The largest absolute Gasteiger partial charge is 0.507 e. The number of imidazole rings is 1. The average molecular weight is 377 g/mol. The lowest BCUT2D eigenvalue weighted by Crippen LogP contribution is -2.05. The van der Waals surface area contributed by atoms with Crippen LogP contribution in [-0.2, 0) is 6.54 Å². The van der Waals surface area contributed by atoms with Gasteiger partial charge in [0.05, 0.1) is 5.56 Å². The molecule has 0 fully saturated rings. The minimum Gasteiger partial charge on any atom is -0.507 e. The number of para-hydroxylation sites is 1. The number of carbonyl (C=O) groups is 1. The summed E-state index contributed by atoms with van der Waals surface area (Å²) in [4.78, 5) is 15.9. The van der Waals surface area contributed by atoms with E-state index < -0.39 is 5.97 Å². The zero-order chi connectivity index (χ0) is 19.7. The molecule has 7 heteroatoms. The predicted molar refractivity (Wildman–Crippen MR) is 103 cm³/mol. The molecule has 3 N–H and O–H groups in total. The highest BCUT2D eigenvalue weighted by atomic mass is 19.1. The van der Waals surface area contributed by atoms with Crippen LogP contribution < -0.4 is 5.32 Å². The number of anilines is 1. The number of fused-ring (bicyclic) bond motifs is 1. The number of halogens is 1. The molecule has 0 radical (unpaired) electrons. The summed E-state index contributed by atoms with van der Waals surface area (Å²) < 4.78 is 14.8. The van der Waals surface area contributed by atoms with E-state index in [2.05, 4.69) is 10.3 Å². The van der Waals surface area contributed by atoms with Crippen molar-refractivity contribution in [1.29, 1.82) is 0 Å². The molecule has 0 saturated carbocycles. The third-order valence-corrected chi connectivity index (χ3v) is 4.40. The fourth-order valence-corrected chi connectivity index (χ4v) is 2.99. The van der Waals surface area contributed by atoms with Gasteiger partial charge in [0.15, 0.2) is 0 Å². The first-order valence-electron chi connectivity index (χ1n) is 8.55. The summed E-state index contributed by atoms with van der Waals surface area (Å²) in [6.45, 7) is 0.367. The van der Waals surface area contributed by atoms with E-state index in [1.807, 2.05) is 0 Å². The van der Waals surface area contributed by atoms with Crippen molar-refractivity contribution in [3.8, 4) is 17.0 Å². The first-order chi connectivity index (χ1) is 13.5. The molecule has 0 unspecified atom stereocenters. The fraction of sp³-hybridized carbons (Fsp3) is 0.0476. The second-order valence-corrected chi connectivity index (χ2v) is 6.26. The number of phenolic OH excluding ortho intramolecular Hbond substituents is 1. The van der Waals surface area contributed by atoms with Crippen LogP contribution in [0.15, 0.2) is 66.9 Å². The topological polar surface area (TPSA) is 86.9 Å². The molecule has 0 atom stereocenters. The highest BCUT2D eigenvalue weighted by molar-refractivity contribution is 5.88. The molecule has 4 rings (SSSR count). The molecule has 2 heterocycles. The number of aromatic hydroxyl groups is 1. The van der Waals surface area contributed by atoms with Gasteiger partial charge in [-0.2, -0.15) is 0 Å². The van der Waals surface area contributed by atoms with E-state index in [0.717, 1.165) is 5.56 Å². The lowest BCUT2D eigenvalue weighted by molar-refractivity contribution is 0.0696. The summed E-state index contributed by atoms with van der Waals surface area (Å²) in [6.07, 6.45) is 1.47. The van der Waals surface area contributed by atoms with Crippen molar-refractivity contribution in [2.75, 3.05) is 5.32 Å². The molecule has 140 valence electrons. The Morgan fingerprint density at radius 2 is 1.82 bits per heavy atom. The van der Waals surface area contributed by atoms with Gasteiger partial charge in [0, 0.05) is 18.3 Å². The van der Waals surface area contributed by atoms with Crippen LogP contribution in [0.1, 0.15) is 15.9 Å². The number of hydrogen-bond acceptors (Lipinski definition) is 4. The third-order valence-electron chi connectivity index (χ3n) is 4.40. The summed E-state index contributed by atoms with van der Waals surface area (Å²) in [6, 6.07) is 15.9. The van der Waals surface area contributed by atoms with Gasteiger partial charge in [-0.25, -0.2) is 14.2 Å². The standard InChI is InChI=1S/C21H16FN3O3/c22-15-8-5-13(6-9-15)11-23-20-19(16-3-1-2-4-17(16)26)24-18-10-7-14(21(27)28)12-25(18)20/h1-10,12,23,26H,11H2,(H,27,28). The van der Waals surface area contributed by atoms with Crippen LogP contribution in [0.2, 0.25) is 0 Å². The van der Waals surface area contributed by atoms with Crippen LogP contribution in [-0.4, -0.2) is 25.6 Å². The summed E-state index contributed by atoms with van der Waals surface area (Å²) in [5.41, 5.74) is 2.49. The summed E-state index contributed by atoms with van der Waals surface area (Å²) >= 11 is 0. The summed E-state index contributed by atoms with van der Waals surface area (Å²) in [5.74, 6) is -0.776. The number of nitrogens with zero attached hydrogens (tertiary/aromatic N) is 2. The molecule has 6 nitrogen and oxygen atoms in total. The molecular formula is C21H16FN3O3. The molecule has 0 aliphatic carbocycles. The van der Waals surface area contributed by atoms with E-state index in [1.165, 1.54) is 24.4 Å². The molecule has 0 amide bonds. The Hall–Kier alpha value is -3.87. The van der Waals surface area contributed by atoms with Crippen LogP contribution in [0.3, 0.4) is 0 Å². The number of hydrogen-bond donors (Lipinski definition) is 3.